The third-order valence-corrected chi connectivity index (χ3v) is 8.62. The van der Waals surface area contributed by atoms with Gasteiger partial charge in [0.1, 0.15) is 12.6 Å². The standard InChI is InChI=1S/C27H38Cl2N4O4S/c1-7-9-14-30-27(35)24(8-2)32(17-21-12-13-22(28)16-23(21)29)26(34)18-33(38(36,37)31(5)6)25-15-19(3)10-11-20(25)4/h10-13,15-16,24H,7-9,14,17-18H2,1-6H3,(H,30,35). The second-order valence-electron chi connectivity index (χ2n) is 9.41. The molecule has 11 heteroatoms. The first-order chi connectivity index (χ1) is 17.8. The molecule has 0 saturated heterocycles. The zero-order valence-corrected chi connectivity index (χ0v) is 25.3. The molecular weight excluding hydrogens is 547 g/mol. The van der Waals surface area contributed by atoms with Crippen molar-refractivity contribution in [1.29, 1.82) is 0 Å². The number of amides is 2. The van der Waals surface area contributed by atoms with Crippen molar-refractivity contribution >= 4 is 50.9 Å². The summed E-state index contributed by atoms with van der Waals surface area (Å²) in [6.45, 7) is 7.49. The van der Waals surface area contributed by atoms with Crippen molar-refractivity contribution < 1.29 is 18.0 Å². The number of hydrogen-bond acceptors (Lipinski definition) is 4. The lowest BCUT2D eigenvalue weighted by Gasteiger charge is -2.34. The van der Waals surface area contributed by atoms with Crippen LogP contribution in [0.1, 0.15) is 49.8 Å². The van der Waals surface area contributed by atoms with E-state index in [4.69, 9.17) is 23.2 Å². The van der Waals surface area contributed by atoms with E-state index in [0.717, 1.165) is 27.0 Å². The van der Waals surface area contributed by atoms with Gasteiger partial charge in [0, 0.05) is 37.2 Å². The van der Waals surface area contributed by atoms with Gasteiger partial charge in [-0.25, -0.2) is 4.31 Å². The molecule has 0 bridgehead atoms. The lowest BCUT2D eigenvalue weighted by molar-refractivity contribution is -0.140. The van der Waals surface area contributed by atoms with E-state index in [-0.39, 0.29) is 12.5 Å². The largest absolute Gasteiger partial charge is 0.354 e. The van der Waals surface area contributed by atoms with E-state index in [1.807, 2.05) is 32.9 Å². The predicted molar refractivity (Wildman–Crippen MR) is 155 cm³/mol. The number of halogens is 2. The number of nitrogens with zero attached hydrogens (tertiary/aromatic N) is 3. The fraction of sp³-hybridized carbons (Fsp3) is 0.481. The number of benzene rings is 2. The Morgan fingerprint density at radius 2 is 1.71 bits per heavy atom. The Kier molecular flexibility index (Phi) is 11.9. The fourth-order valence-electron chi connectivity index (χ4n) is 3.95. The number of unbranched alkanes of at least 4 members (excludes halogenated alkanes) is 1. The Morgan fingerprint density at radius 3 is 2.29 bits per heavy atom. The highest BCUT2D eigenvalue weighted by atomic mass is 35.5. The predicted octanol–water partition coefficient (Wildman–Crippen LogP) is 4.95. The highest BCUT2D eigenvalue weighted by Gasteiger charge is 2.34. The van der Waals surface area contributed by atoms with Crippen LogP contribution >= 0.6 is 23.2 Å². The summed E-state index contributed by atoms with van der Waals surface area (Å²) in [5.41, 5.74) is 2.55. The topological polar surface area (TPSA) is 90.0 Å². The van der Waals surface area contributed by atoms with Crippen molar-refractivity contribution in [2.24, 2.45) is 0 Å². The number of aryl methyl sites for hydroxylation is 2. The van der Waals surface area contributed by atoms with Crippen LogP contribution in [0.15, 0.2) is 36.4 Å². The zero-order chi connectivity index (χ0) is 28.6. The average molecular weight is 586 g/mol. The molecule has 0 aliphatic heterocycles. The lowest BCUT2D eigenvalue weighted by Crippen LogP contribution is -2.53. The third kappa shape index (κ3) is 8.09. The summed E-state index contributed by atoms with van der Waals surface area (Å²) < 4.78 is 29.0. The van der Waals surface area contributed by atoms with Crippen molar-refractivity contribution in [2.75, 3.05) is 31.5 Å². The summed E-state index contributed by atoms with van der Waals surface area (Å²) in [6.07, 6.45) is 2.05. The first-order valence-corrected chi connectivity index (χ1v) is 14.8. The first kappa shape index (κ1) is 31.9. The van der Waals surface area contributed by atoms with E-state index < -0.39 is 28.7 Å². The van der Waals surface area contributed by atoms with E-state index >= 15 is 0 Å². The zero-order valence-electron chi connectivity index (χ0n) is 22.9. The first-order valence-electron chi connectivity index (χ1n) is 12.6. The normalized spacial score (nSPS) is 12.3. The molecule has 0 aliphatic rings. The molecule has 2 amide bonds. The van der Waals surface area contributed by atoms with Crippen LogP contribution in [0.5, 0.6) is 0 Å². The van der Waals surface area contributed by atoms with Crippen molar-refractivity contribution in [1.82, 2.24) is 14.5 Å². The molecule has 1 unspecified atom stereocenters. The molecular formula is C27H38Cl2N4O4S. The van der Waals surface area contributed by atoms with Gasteiger partial charge in [0.25, 0.3) is 0 Å². The van der Waals surface area contributed by atoms with Gasteiger partial charge in [0.05, 0.1) is 5.69 Å². The highest BCUT2D eigenvalue weighted by Crippen LogP contribution is 2.27. The van der Waals surface area contributed by atoms with E-state index in [9.17, 15) is 18.0 Å². The van der Waals surface area contributed by atoms with Crippen LogP contribution < -0.4 is 9.62 Å². The summed E-state index contributed by atoms with van der Waals surface area (Å²) in [6, 6.07) is 9.53. The van der Waals surface area contributed by atoms with Crippen LogP contribution in [0.2, 0.25) is 10.0 Å². The molecule has 0 radical (unpaired) electrons. The molecule has 0 fully saturated rings. The molecule has 0 heterocycles. The van der Waals surface area contributed by atoms with Crippen molar-refractivity contribution in [3.8, 4) is 0 Å². The number of carbonyl (C=O) groups is 2. The van der Waals surface area contributed by atoms with Crippen molar-refractivity contribution in [3.05, 3.63) is 63.1 Å². The maximum Gasteiger partial charge on any atom is 0.304 e. The number of anilines is 1. The van der Waals surface area contributed by atoms with Gasteiger partial charge in [-0.2, -0.15) is 12.7 Å². The second-order valence-corrected chi connectivity index (χ2v) is 12.3. The van der Waals surface area contributed by atoms with E-state index in [1.54, 1.807) is 31.2 Å². The Morgan fingerprint density at radius 1 is 1.03 bits per heavy atom. The summed E-state index contributed by atoms with van der Waals surface area (Å²) in [4.78, 5) is 28.5. The number of hydrogen-bond donors (Lipinski definition) is 1. The molecule has 2 rings (SSSR count). The summed E-state index contributed by atoms with van der Waals surface area (Å²) in [5, 5.41) is 3.70. The molecule has 0 spiro atoms. The number of nitrogens with one attached hydrogen (secondary N) is 1. The Bertz CT molecular complexity index is 1240. The molecule has 8 nitrogen and oxygen atoms in total. The molecule has 1 N–H and O–H groups in total. The average Bonchev–Trinajstić information content (AvgIpc) is 2.85. The molecule has 210 valence electrons. The SMILES string of the molecule is CCCCNC(=O)C(CC)N(Cc1ccc(Cl)cc1Cl)C(=O)CN(c1cc(C)ccc1C)S(=O)(=O)N(C)C. The van der Waals surface area contributed by atoms with Gasteiger partial charge in [0.15, 0.2) is 0 Å². The Hall–Kier alpha value is -2.33. The van der Waals surface area contributed by atoms with Crippen LogP contribution in [0.25, 0.3) is 0 Å². The van der Waals surface area contributed by atoms with Gasteiger partial charge in [-0.3, -0.25) is 9.59 Å². The molecule has 2 aromatic rings. The molecule has 38 heavy (non-hydrogen) atoms. The minimum atomic E-state index is -4.04. The molecule has 0 aromatic heterocycles. The maximum absolute atomic E-state index is 14.0. The summed E-state index contributed by atoms with van der Waals surface area (Å²) in [5.74, 6) is -0.826. The van der Waals surface area contributed by atoms with E-state index in [2.05, 4.69) is 5.32 Å². The maximum atomic E-state index is 14.0. The van der Waals surface area contributed by atoms with Crippen molar-refractivity contribution in [3.63, 3.8) is 0 Å². The van der Waals surface area contributed by atoms with E-state index in [1.165, 1.54) is 19.0 Å². The molecule has 1 atom stereocenters. The molecule has 0 aliphatic carbocycles. The van der Waals surface area contributed by atoms with Crippen LogP contribution in [0.3, 0.4) is 0 Å². The van der Waals surface area contributed by atoms with Crippen molar-refractivity contribution in [2.45, 2.75) is 59.5 Å². The van der Waals surface area contributed by atoms with Gasteiger partial charge < -0.3 is 10.2 Å². The second kappa shape index (κ2) is 14.2. The minimum absolute atomic E-state index is 0.0111. The lowest BCUT2D eigenvalue weighted by atomic mass is 10.1. The smallest absolute Gasteiger partial charge is 0.304 e. The fourth-order valence-corrected chi connectivity index (χ4v) is 5.53. The third-order valence-electron chi connectivity index (χ3n) is 6.22. The minimum Gasteiger partial charge on any atom is -0.354 e. The van der Waals surface area contributed by atoms with Gasteiger partial charge in [-0.05, 0) is 61.6 Å². The number of rotatable bonds is 13. The number of carbonyl (C=O) groups excluding carboxylic acids is 2. The van der Waals surface area contributed by atoms with Crippen LogP contribution in [-0.4, -0.2) is 62.7 Å². The van der Waals surface area contributed by atoms with Crippen LogP contribution in [0, 0.1) is 13.8 Å². The molecule has 0 saturated carbocycles. The van der Waals surface area contributed by atoms with Crippen LogP contribution in [0.4, 0.5) is 5.69 Å². The summed E-state index contributed by atoms with van der Waals surface area (Å²) in [7, 11) is -1.21. The summed E-state index contributed by atoms with van der Waals surface area (Å²) >= 11 is 12.5. The van der Waals surface area contributed by atoms with Gasteiger partial charge in [0.2, 0.25) is 11.8 Å². The quantitative estimate of drug-likeness (QED) is 0.337. The Labute approximate surface area is 237 Å². The van der Waals surface area contributed by atoms with Crippen LogP contribution in [-0.2, 0) is 26.3 Å². The monoisotopic (exact) mass is 584 g/mol. The Balaban J connectivity index is 2.55. The highest BCUT2D eigenvalue weighted by molar-refractivity contribution is 7.90. The van der Waals surface area contributed by atoms with Gasteiger partial charge >= 0.3 is 10.2 Å². The van der Waals surface area contributed by atoms with Gasteiger partial charge in [-0.15, -0.1) is 0 Å². The van der Waals surface area contributed by atoms with E-state index in [0.29, 0.717) is 39.8 Å². The molecule has 2 aromatic carbocycles. The van der Waals surface area contributed by atoms with Gasteiger partial charge in [-0.1, -0.05) is 61.7 Å².